The Kier molecular flexibility index (Phi) is 10.9. The Bertz CT molecular complexity index is 1450. The number of rotatable bonds is 13. The van der Waals surface area contributed by atoms with Crippen molar-refractivity contribution in [1.82, 2.24) is 25.1 Å². The van der Waals surface area contributed by atoms with Crippen molar-refractivity contribution in [3.63, 3.8) is 0 Å². The summed E-state index contributed by atoms with van der Waals surface area (Å²) in [5, 5.41) is 6.85. The van der Waals surface area contributed by atoms with Crippen LogP contribution in [0.15, 0.2) is 34.9 Å². The number of aromatic nitrogens is 2. The van der Waals surface area contributed by atoms with Crippen LogP contribution in [-0.4, -0.2) is 65.0 Å². The monoisotopic (exact) mass is 607 g/mol. The van der Waals surface area contributed by atoms with Gasteiger partial charge in [-0.25, -0.2) is 9.78 Å². The summed E-state index contributed by atoms with van der Waals surface area (Å²) in [5.41, 5.74) is 1.38. The van der Waals surface area contributed by atoms with Gasteiger partial charge in [0.2, 0.25) is 17.7 Å². The highest BCUT2D eigenvalue weighted by Crippen LogP contribution is 2.39. The van der Waals surface area contributed by atoms with Crippen LogP contribution in [0.25, 0.3) is 22.2 Å². The first kappa shape index (κ1) is 33.2. The van der Waals surface area contributed by atoms with Gasteiger partial charge in [-0.2, -0.15) is 0 Å². The van der Waals surface area contributed by atoms with Gasteiger partial charge in [0.1, 0.15) is 12.1 Å². The lowest BCUT2D eigenvalue weighted by Gasteiger charge is -2.35. The third-order valence-electron chi connectivity index (χ3n) is 8.61. The Labute approximate surface area is 260 Å². The second-order valence-electron chi connectivity index (χ2n) is 12.9. The number of nitrogens with zero attached hydrogens (tertiary/aromatic N) is 3. The topological polar surface area (TPSA) is 119 Å². The predicted molar refractivity (Wildman–Crippen MR) is 171 cm³/mol. The lowest BCUT2D eigenvalue weighted by molar-refractivity contribution is -0.141. The number of carbonyl (C=O) groups is 3. The molecule has 0 radical (unpaired) electrons. The van der Waals surface area contributed by atoms with E-state index in [0.29, 0.717) is 24.6 Å². The first-order valence-electron chi connectivity index (χ1n) is 16.0. The minimum absolute atomic E-state index is 0.0937. The Morgan fingerprint density at radius 1 is 1.14 bits per heavy atom. The number of para-hydroxylation sites is 1. The molecule has 1 aliphatic rings. The molecule has 3 aromatic rings. The highest BCUT2D eigenvalue weighted by atomic mass is 16.5. The number of benzene rings is 1. The van der Waals surface area contributed by atoms with Gasteiger partial charge in [-0.15, -0.1) is 0 Å². The molecule has 240 valence electrons. The number of likely N-dealkylation sites (tertiary alicyclic amines) is 1. The van der Waals surface area contributed by atoms with Gasteiger partial charge in [-0.3, -0.25) is 9.59 Å². The highest BCUT2D eigenvalue weighted by molar-refractivity contribution is 6.01. The first-order chi connectivity index (χ1) is 21.0. The lowest BCUT2D eigenvalue weighted by Crippen LogP contribution is -2.57. The summed E-state index contributed by atoms with van der Waals surface area (Å²) in [6, 6.07) is 6.41. The fourth-order valence-electron chi connectivity index (χ4n) is 5.90. The zero-order chi connectivity index (χ0) is 32.0. The van der Waals surface area contributed by atoms with Crippen LogP contribution in [-0.2, 0) is 20.9 Å². The third kappa shape index (κ3) is 7.17. The molecule has 2 amide bonds. The van der Waals surface area contributed by atoms with Crippen molar-refractivity contribution in [2.24, 2.45) is 5.41 Å². The molecule has 3 atom stereocenters. The number of hydrogen-bond acceptors (Lipinski definition) is 7. The third-order valence-corrected chi connectivity index (χ3v) is 8.61. The summed E-state index contributed by atoms with van der Waals surface area (Å²) in [7, 11) is 3.03. The molecule has 1 aliphatic heterocycles. The molecule has 0 saturated carbocycles. The van der Waals surface area contributed by atoms with Gasteiger partial charge in [0.05, 0.1) is 13.2 Å². The van der Waals surface area contributed by atoms with Gasteiger partial charge in [0.25, 0.3) is 0 Å². The standard InChI is InChI=1S/C34H49N5O5/c1-8-9-10-11-14-19-38-21-24(23-16-12-13-17-25(23)38)28-27(33(42)43-7)36-31(44-28)26-18-15-20-39(26)32(41)29(34(3,4)5)37-30(40)22(2)35-6/h12-13,16-17,21-22,26,29,35H,8-11,14-15,18-20H2,1-7H3,(H,37,40)/t22-,26-,29+/m0/s1. The van der Waals surface area contributed by atoms with E-state index in [2.05, 4.69) is 33.2 Å². The van der Waals surface area contributed by atoms with Crippen molar-refractivity contribution in [1.29, 1.82) is 0 Å². The molecule has 1 saturated heterocycles. The summed E-state index contributed by atoms with van der Waals surface area (Å²) in [4.78, 5) is 46.3. The van der Waals surface area contributed by atoms with E-state index in [9.17, 15) is 14.4 Å². The van der Waals surface area contributed by atoms with Gasteiger partial charge in [0.15, 0.2) is 11.5 Å². The van der Waals surface area contributed by atoms with Crippen LogP contribution in [0, 0.1) is 5.41 Å². The quantitative estimate of drug-likeness (QED) is 0.185. The van der Waals surface area contributed by atoms with E-state index in [0.717, 1.165) is 42.3 Å². The SMILES string of the molecule is CCCCCCCn1cc(-c2oc([C@@H]3CCCN3C(=O)[C@@H](NC(=O)[C@H](C)NC)C(C)(C)C)nc2C(=O)OC)c2ccccc21. The lowest BCUT2D eigenvalue weighted by atomic mass is 9.85. The van der Waals surface area contributed by atoms with Crippen LogP contribution in [0.3, 0.4) is 0 Å². The number of amides is 2. The van der Waals surface area contributed by atoms with Crippen LogP contribution in [0.4, 0.5) is 0 Å². The zero-order valence-electron chi connectivity index (χ0n) is 27.4. The molecule has 2 N–H and O–H groups in total. The average molecular weight is 608 g/mol. The zero-order valence-corrected chi connectivity index (χ0v) is 27.4. The van der Waals surface area contributed by atoms with E-state index in [1.54, 1.807) is 18.9 Å². The summed E-state index contributed by atoms with van der Waals surface area (Å²) in [6.07, 6.45) is 9.27. The van der Waals surface area contributed by atoms with Crippen molar-refractivity contribution in [3.8, 4) is 11.3 Å². The summed E-state index contributed by atoms with van der Waals surface area (Å²) in [6.45, 7) is 11.1. The van der Waals surface area contributed by atoms with E-state index in [4.69, 9.17) is 9.15 Å². The van der Waals surface area contributed by atoms with Gasteiger partial charge in [-0.1, -0.05) is 71.6 Å². The van der Waals surface area contributed by atoms with Crippen molar-refractivity contribution in [2.75, 3.05) is 20.7 Å². The number of nitrogens with one attached hydrogen (secondary N) is 2. The van der Waals surface area contributed by atoms with Gasteiger partial charge < -0.3 is 29.3 Å². The minimum Gasteiger partial charge on any atom is -0.464 e. The molecule has 4 rings (SSSR count). The molecule has 10 heteroatoms. The smallest absolute Gasteiger partial charge is 0.360 e. The van der Waals surface area contributed by atoms with E-state index in [-0.39, 0.29) is 17.5 Å². The van der Waals surface area contributed by atoms with Crippen LogP contribution in [0.2, 0.25) is 0 Å². The molecular formula is C34H49N5O5. The number of aryl methyl sites for hydroxylation is 1. The molecule has 10 nitrogen and oxygen atoms in total. The number of ether oxygens (including phenoxy) is 1. The highest BCUT2D eigenvalue weighted by Gasteiger charge is 2.42. The number of carbonyl (C=O) groups excluding carboxylic acids is 3. The fraction of sp³-hybridized carbons (Fsp3) is 0.588. The second kappa shape index (κ2) is 14.4. The number of esters is 1. The molecule has 0 spiro atoms. The Hall–Kier alpha value is -3.66. The largest absolute Gasteiger partial charge is 0.464 e. The maximum Gasteiger partial charge on any atom is 0.360 e. The van der Waals surface area contributed by atoms with Crippen molar-refractivity contribution >= 4 is 28.7 Å². The van der Waals surface area contributed by atoms with E-state index in [1.165, 1.54) is 26.4 Å². The maximum absolute atomic E-state index is 14.0. The van der Waals surface area contributed by atoms with Crippen LogP contribution in [0.1, 0.15) is 102 Å². The van der Waals surface area contributed by atoms with Crippen molar-refractivity contribution < 1.29 is 23.5 Å². The van der Waals surface area contributed by atoms with Crippen LogP contribution >= 0.6 is 0 Å². The molecular weight excluding hydrogens is 558 g/mol. The van der Waals surface area contributed by atoms with Gasteiger partial charge in [-0.05, 0) is 44.7 Å². The molecule has 2 aromatic heterocycles. The van der Waals surface area contributed by atoms with Crippen LogP contribution < -0.4 is 10.6 Å². The Morgan fingerprint density at radius 3 is 2.55 bits per heavy atom. The number of fused-ring (bicyclic) bond motifs is 1. The molecule has 0 bridgehead atoms. The number of methoxy groups -OCH3 is 1. The maximum atomic E-state index is 14.0. The van der Waals surface area contributed by atoms with E-state index < -0.39 is 29.5 Å². The minimum atomic E-state index is -0.754. The van der Waals surface area contributed by atoms with E-state index >= 15 is 0 Å². The molecule has 0 aliphatic carbocycles. The Balaban J connectivity index is 1.70. The van der Waals surface area contributed by atoms with Crippen molar-refractivity contribution in [3.05, 3.63) is 42.0 Å². The van der Waals surface area contributed by atoms with Crippen LogP contribution in [0.5, 0.6) is 0 Å². The molecule has 44 heavy (non-hydrogen) atoms. The average Bonchev–Trinajstić information content (AvgIpc) is 3.75. The number of oxazole rings is 1. The normalized spacial score (nSPS) is 16.7. The number of hydrogen-bond donors (Lipinski definition) is 2. The van der Waals surface area contributed by atoms with E-state index in [1.807, 2.05) is 45.2 Å². The predicted octanol–water partition coefficient (Wildman–Crippen LogP) is 5.86. The van der Waals surface area contributed by atoms with Gasteiger partial charge >= 0.3 is 5.97 Å². The number of likely N-dealkylation sites (N-methyl/N-ethyl adjacent to an activating group) is 1. The number of unbranched alkanes of at least 4 members (excludes halogenated alkanes) is 4. The summed E-state index contributed by atoms with van der Waals surface area (Å²) in [5.74, 6) is -0.399. The van der Waals surface area contributed by atoms with Crippen molar-refractivity contribution in [2.45, 2.75) is 104 Å². The molecule has 1 fully saturated rings. The fourth-order valence-corrected chi connectivity index (χ4v) is 5.90. The summed E-state index contributed by atoms with van der Waals surface area (Å²) < 4.78 is 13.8. The molecule has 1 aromatic carbocycles. The first-order valence-corrected chi connectivity index (χ1v) is 16.0. The second-order valence-corrected chi connectivity index (χ2v) is 12.9. The van der Waals surface area contributed by atoms with Gasteiger partial charge in [0, 0.05) is 35.8 Å². The Morgan fingerprint density at radius 2 is 1.86 bits per heavy atom. The molecule has 3 heterocycles. The summed E-state index contributed by atoms with van der Waals surface area (Å²) >= 11 is 0. The molecule has 0 unspecified atom stereocenters.